The SMILES string of the molecule is OCc1sc(N2CCCC3CCCCC32)nc1Cl. The summed E-state index contributed by atoms with van der Waals surface area (Å²) in [4.78, 5) is 7.69. The summed E-state index contributed by atoms with van der Waals surface area (Å²) in [6, 6.07) is 0.654. The third-order valence-corrected chi connectivity index (χ3v) is 5.77. The van der Waals surface area contributed by atoms with E-state index < -0.39 is 0 Å². The van der Waals surface area contributed by atoms with E-state index in [9.17, 15) is 5.11 Å². The zero-order chi connectivity index (χ0) is 12.5. The molecular formula is C13H19ClN2OS. The second-order valence-electron chi connectivity index (χ2n) is 5.32. The van der Waals surface area contributed by atoms with Gasteiger partial charge in [0.25, 0.3) is 0 Å². The van der Waals surface area contributed by atoms with Gasteiger partial charge in [0.2, 0.25) is 0 Å². The Morgan fingerprint density at radius 2 is 2.06 bits per heavy atom. The molecule has 0 amide bonds. The Bertz CT molecular complexity index is 421. The monoisotopic (exact) mass is 286 g/mol. The van der Waals surface area contributed by atoms with E-state index in [1.165, 1.54) is 38.5 Å². The molecule has 0 spiro atoms. The van der Waals surface area contributed by atoms with Crippen LogP contribution in [0.3, 0.4) is 0 Å². The number of nitrogens with zero attached hydrogens (tertiary/aromatic N) is 2. The molecule has 2 unspecified atom stereocenters. The number of halogens is 1. The van der Waals surface area contributed by atoms with Crippen LogP contribution < -0.4 is 4.90 Å². The van der Waals surface area contributed by atoms with Gasteiger partial charge in [-0.05, 0) is 31.6 Å². The van der Waals surface area contributed by atoms with Gasteiger partial charge in [0.15, 0.2) is 5.13 Å². The van der Waals surface area contributed by atoms with E-state index in [4.69, 9.17) is 11.6 Å². The lowest BCUT2D eigenvalue weighted by molar-refractivity contribution is 0.243. The minimum Gasteiger partial charge on any atom is -0.391 e. The molecule has 5 heteroatoms. The van der Waals surface area contributed by atoms with Crippen molar-refractivity contribution in [3.8, 4) is 0 Å². The second-order valence-corrected chi connectivity index (χ2v) is 6.74. The summed E-state index contributed by atoms with van der Waals surface area (Å²) < 4.78 is 0. The van der Waals surface area contributed by atoms with E-state index in [0.717, 1.165) is 22.5 Å². The van der Waals surface area contributed by atoms with E-state index in [0.29, 0.717) is 11.2 Å². The van der Waals surface area contributed by atoms with Crippen LogP contribution in [0.25, 0.3) is 0 Å². The first-order valence-electron chi connectivity index (χ1n) is 6.82. The van der Waals surface area contributed by atoms with Gasteiger partial charge in [-0.15, -0.1) is 0 Å². The molecule has 1 saturated heterocycles. The van der Waals surface area contributed by atoms with Crippen LogP contribution in [-0.2, 0) is 6.61 Å². The Kier molecular flexibility index (Phi) is 3.78. The molecule has 3 rings (SSSR count). The van der Waals surface area contributed by atoms with E-state index in [-0.39, 0.29) is 6.61 Å². The Morgan fingerprint density at radius 1 is 1.28 bits per heavy atom. The van der Waals surface area contributed by atoms with E-state index in [1.54, 1.807) is 11.3 Å². The average molecular weight is 287 g/mol. The first-order chi connectivity index (χ1) is 8.79. The number of aliphatic hydroxyl groups is 1. The van der Waals surface area contributed by atoms with Crippen LogP contribution in [0.4, 0.5) is 5.13 Å². The summed E-state index contributed by atoms with van der Waals surface area (Å²) in [7, 11) is 0. The van der Waals surface area contributed by atoms with E-state index in [1.807, 2.05) is 0 Å². The van der Waals surface area contributed by atoms with Crippen molar-refractivity contribution >= 4 is 28.1 Å². The zero-order valence-electron chi connectivity index (χ0n) is 10.4. The van der Waals surface area contributed by atoms with Gasteiger partial charge in [0.1, 0.15) is 5.15 Å². The van der Waals surface area contributed by atoms with Gasteiger partial charge in [0, 0.05) is 12.6 Å². The molecule has 2 aliphatic rings. The molecule has 1 aliphatic carbocycles. The Hall–Kier alpha value is -0.320. The lowest BCUT2D eigenvalue weighted by Crippen LogP contribution is -2.46. The number of hydrogen-bond acceptors (Lipinski definition) is 4. The molecule has 18 heavy (non-hydrogen) atoms. The second kappa shape index (κ2) is 5.35. The number of piperidine rings is 1. The van der Waals surface area contributed by atoms with Crippen LogP contribution in [0.1, 0.15) is 43.4 Å². The van der Waals surface area contributed by atoms with Crippen LogP contribution in [0.2, 0.25) is 5.15 Å². The Labute approximate surface area is 117 Å². The molecular weight excluding hydrogens is 268 g/mol. The summed E-state index contributed by atoms with van der Waals surface area (Å²) in [5, 5.41) is 10.7. The standard InChI is InChI=1S/C13H19ClN2OS/c14-12-11(8-17)18-13(15-12)16-7-3-5-9-4-1-2-6-10(9)16/h9-10,17H,1-8H2. The lowest BCUT2D eigenvalue weighted by Gasteiger charge is -2.44. The number of aromatic nitrogens is 1. The molecule has 1 saturated carbocycles. The third-order valence-electron chi connectivity index (χ3n) is 4.27. The van der Waals surface area contributed by atoms with E-state index in [2.05, 4.69) is 9.88 Å². The molecule has 1 N–H and O–H groups in total. The number of fused-ring (bicyclic) bond motifs is 1. The molecule has 0 aromatic carbocycles. The molecule has 0 bridgehead atoms. The molecule has 3 nitrogen and oxygen atoms in total. The third kappa shape index (κ3) is 2.26. The molecule has 100 valence electrons. The summed E-state index contributed by atoms with van der Waals surface area (Å²) >= 11 is 7.61. The topological polar surface area (TPSA) is 36.4 Å². The molecule has 0 radical (unpaired) electrons. The van der Waals surface area contributed by atoms with Gasteiger partial charge < -0.3 is 10.0 Å². The molecule has 2 heterocycles. The predicted octanol–water partition coefficient (Wildman–Crippen LogP) is 3.45. The van der Waals surface area contributed by atoms with Gasteiger partial charge in [-0.25, -0.2) is 4.98 Å². The van der Waals surface area contributed by atoms with Gasteiger partial charge >= 0.3 is 0 Å². The van der Waals surface area contributed by atoms with E-state index >= 15 is 0 Å². The van der Waals surface area contributed by atoms with Crippen molar-refractivity contribution in [3.05, 3.63) is 10.0 Å². The fourth-order valence-electron chi connectivity index (χ4n) is 3.40. The van der Waals surface area contributed by atoms with Gasteiger partial charge in [-0.2, -0.15) is 0 Å². The van der Waals surface area contributed by atoms with Crippen LogP contribution in [0.5, 0.6) is 0 Å². The number of thiazole rings is 1. The van der Waals surface area contributed by atoms with Crippen molar-refractivity contribution in [3.63, 3.8) is 0 Å². The fraction of sp³-hybridized carbons (Fsp3) is 0.769. The maximum absolute atomic E-state index is 9.23. The highest BCUT2D eigenvalue weighted by Crippen LogP contribution is 2.40. The number of rotatable bonds is 2. The summed E-state index contributed by atoms with van der Waals surface area (Å²) in [5.74, 6) is 0.841. The quantitative estimate of drug-likeness (QED) is 0.905. The number of anilines is 1. The van der Waals surface area contributed by atoms with Crippen molar-refractivity contribution in [2.45, 2.75) is 51.2 Å². The first kappa shape index (κ1) is 12.7. The summed E-state index contributed by atoms with van der Waals surface area (Å²) in [6.45, 7) is 1.09. The minimum absolute atomic E-state index is 0.00155. The largest absolute Gasteiger partial charge is 0.391 e. The molecule has 2 fully saturated rings. The normalized spacial score (nSPS) is 28.2. The highest BCUT2D eigenvalue weighted by atomic mass is 35.5. The lowest BCUT2D eigenvalue weighted by atomic mass is 9.78. The van der Waals surface area contributed by atoms with Crippen molar-refractivity contribution in [2.75, 3.05) is 11.4 Å². The predicted molar refractivity (Wildman–Crippen MR) is 75.4 cm³/mol. The molecule has 1 aromatic rings. The highest BCUT2D eigenvalue weighted by molar-refractivity contribution is 7.16. The minimum atomic E-state index is -0.00155. The van der Waals surface area contributed by atoms with Crippen molar-refractivity contribution < 1.29 is 5.11 Å². The molecule has 2 atom stereocenters. The average Bonchev–Trinajstić information content (AvgIpc) is 2.79. The fourth-order valence-corrected chi connectivity index (χ4v) is 4.61. The van der Waals surface area contributed by atoms with Crippen LogP contribution in [-0.4, -0.2) is 22.7 Å². The summed E-state index contributed by atoms with van der Waals surface area (Å²) in [5.41, 5.74) is 0. The van der Waals surface area contributed by atoms with Crippen LogP contribution in [0.15, 0.2) is 0 Å². The van der Waals surface area contributed by atoms with Crippen molar-refractivity contribution in [1.82, 2.24) is 4.98 Å². The number of aliphatic hydroxyl groups excluding tert-OH is 1. The zero-order valence-corrected chi connectivity index (χ0v) is 12.0. The molecule has 1 aromatic heterocycles. The van der Waals surface area contributed by atoms with Gasteiger partial charge in [-0.1, -0.05) is 35.8 Å². The Morgan fingerprint density at radius 3 is 2.83 bits per heavy atom. The number of hydrogen-bond donors (Lipinski definition) is 1. The highest BCUT2D eigenvalue weighted by Gasteiger charge is 2.34. The van der Waals surface area contributed by atoms with Crippen LogP contribution >= 0.6 is 22.9 Å². The van der Waals surface area contributed by atoms with Gasteiger partial charge in [-0.3, -0.25) is 0 Å². The van der Waals surface area contributed by atoms with Crippen molar-refractivity contribution in [1.29, 1.82) is 0 Å². The summed E-state index contributed by atoms with van der Waals surface area (Å²) in [6.07, 6.45) is 8.00. The van der Waals surface area contributed by atoms with Gasteiger partial charge in [0.05, 0.1) is 11.5 Å². The maximum atomic E-state index is 9.23. The first-order valence-corrected chi connectivity index (χ1v) is 8.01. The maximum Gasteiger partial charge on any atom is 0.187 e. The smallest absolute Gasteiger partial charge is 0.187 e. The Balaban J connectivity index is 1.84. The van der Waals surface area contributed by atoms with Crippen molar-refractivity contribution in [2.24, 2.45) is 5.92 Å². The molecule has 1 aliphatic heterocycles. The van der Waals surface area contributed by atoms with Crippen LogP contribution in [0, 0.1) is 5.92 Å².